The minimum absolute atomic E-state index is 0.181. The monoisotopic (exact) mass is 366 g/mol. The molecule has 0 aliphatic carbocycles. The van der Waals surface area contributed by atoms with E-state index in [1.807, 2.05) is 0 Å². The summed E-state index contributed by atoms with van der Waals surface area (Å²) in [6.07, 6.45) is -3.35. The first-order valence-electron chi connectivity index (χ1n) is 7.53. The molecule has 0 aliphatic rings. The zero-order valence-corrected chi connectivity index (χ0v) is 14.4. The van der Waals surface area contributed by atoms with Gasteiger partial charge in [-0.3, -0.25) is 0 Å². The molecule has 0 heterocycles. The molecule has 2 aromatic carbocycles. The van der Waals surface area contributed by atoms with Gasteiger partial charge < -0.3 is 14.2 Å². The molecule has 138 valence electrons. The molecule has 0 saturated carbocycles. The Hall–Kier alpha value is -2.96. The Kier molecular flexibility index (Phi) is 5.92. The lowest BCUT2D eigenvalue weighted by Crippen LogP contribution is -2.11. The van der Waals surface area contributed by atoms with Crippen molar-refractivity contribution in [3.05, 3.63) is 65.6 Å². The summed E-state index contributed by atoms with van der Waals surface area (Å²) in [5, 5.41) is 0. The van der Waals surface area contributed by atoms with Crippen LogP contribution in [0.3, 0.4) is 0 Å². The van der Waals surface area contributed by atoms with E-state index in [9.17, 15) is 18.0 Å². The van der Waals surface area contributed by atoms with E-state index in [2.05, 4.69) is 4.74 Å². The van der Waals surface area contributed by atoms with Crippen LogP contribution in [0.25, 0.3) is 11.1 Å². The minimum Gasteiger partial charge on any atom is -0.500 e. The van der Waals surface area contributed by atoms with Crippen molar-refractivity contribution in [3.8, 4) is 16.9 Å². The van der Waals surface area contributed by atoms with Gasteiger partial charge in [-0.2, -0.15) is 13.2 Å². The van der Waals surface area contributed by atoms with Crippen LogP contribution in [0.2, 0.25) is 0 Å². The quantitative estimate of drug-likeness (QED) is 0.436. The minimum atomic E-state index is -4.43. The van der Waals surface area contributed by atoms with E-state index in [0.29, 0.717) is 22.4 Å². The summed E-state index contributed by atoms with van der Waals surface area (Å²) >= 11 is 0. The van der Waals surface area contributed by atoms with Crippen LogP contribution >= 0.6 is 0 Å². The van der Waals surface area contributed by atoms with Crippen LogP contribution in [0, 0.1) is 6.92 Å². The van der Waals surface area contributed by atoms with Gasteiger partial charge in [0, 0.05) is 0 Å². The van der Waals surface area contributed by atoms with Gasteiger partial charge in [0.05, 0.1) is 19.8 Å². The number of methoxy groups -OCH3 is 2. The van der Waals surface area contributed by atoms with E-state index >= 15 is 0 Å². The largest absolute Gasteiger partial charge is 0.500 e. The normalized spacial score (nSPS) is 11.8. The fraction of sp³-hybridized carbons (Fsp3) is 0.211. The van der Waals surface area contributed by atoms with Crippen molar-refractivity contribution in [2.75, 3.05) is 14.2 Å². The highest BCUT2D eigenvalue weighted by molar-refractivity contribution is 5.86. The third-order valence-corrected chi connectivity index (χ3v) is 3.54. The maximum Gasteiger partial charge on any atom is 0.416 e. The molecule has 2 aromatic rings. The van der Waals surface area contributed by atoms with Gasteiger partial charge in [0.15, 0.2) is 0 Å². The second-order valence-electron chi connectivity index (χ2n) is 5.37. The van der Waals surface area contributed by atoms with E-state index in [-0.39, 0.29) is 5.76 Å². The van der Waals surface area contributed by atoms with E-state index in [0.717, 1.165) is 18.4 Å². The van der Waals surface area contributed by atoms with E-state index in [4.69, 9.17) is 9.47 Å². The Morgan fingerprint density at radius 1 is 1.04 bits per heavy atom. The van der Waals surface area contributed by atoms with Crippen molar-refractivity contribution in [2.24, 2.45) is 0 Å². The molecular formula is C19H17F3O4. The molecule has 0 aromatic heterocycles. The number of carbonyl (C=O) groups excluding carboxylic acids is 1. The molecule has 0 aliphatic heterocycles. The fourth-order valence-electron chi connectivity index (χ4n) is 2.20. The van der Waals surface area contributed by atoms with Crippen molar-refractivity contribution in [3.63, 3.8) is 0 Å². The lowest BCUT2D eigenvalue weighted by molar-refractivity contribution is -0.139. The Morgan fingerprint density at radius 3 is 2.35 bits per heavy atom. The fourth-order valence-corrected chi connectivity index (χ4v) is 2.20. The summed E-state index contributed by atoms with van der Waals surface area (Å²) in [6, 6.07) is 9.88. The van der Waals surface area contributed by atoms with Crippen LogP contribution in [0.1, 0.15) is 11.1 Å². The standard InChI is InChI=1S/C19H17F3O4/c1-12-7-8-14(13-5-4-6-15(9-13)19(20,21)22)10-16(12)26-17(11-24-2)18(23)25-3/h4-11H,1-3H3. The summed E-state index contributed by atoms with van der Waals surface area (Å²) in [4.78, 5) is 11.7. The highest BCUT2D eigenvalue weighted by Crippen LogP contribution is 2.34. The smallest absolute Gasteiger partial charge is 0.416 e. The van der Waals surface area contributed by atoms with Gasteiger partial charge in [-0.25, -0.2) is 4.79 Å². The number of alkyl halides is 3. The van der Waals surface area contributed by atoms with Gasteiger partial charge >= 0.3 is 12.1 Å². The SMILES string of the molecule is COC=C(Oc1cc(-c2cccc(C(F)(F)F)c2)ccc1C)C(=O)OC. The van der Waals surface area contributed by atoms with Crippen LogP contribution < -0.4 is 4.74 Å². The molecule has 7 heteroatoms. The summed E-state index contributed by atoms with van der Waals surface area (Å²) < 4.78 is 53.7. The molecule has 0 spiro atoms. The highest BCUT2D eigenvalue weighted by Gasteiger charge is 2.30. The molecule has 0 fully saturated rings. The number of hydrogen-bond acceptors (Lipinski definition) is 4. The first-order chi connectivity index (χ1) is 12.3. The van der Waals surface area contributed by atoms with Gasteiger partial charge in [0.2, 0.25) is 5.76 Å². The zero-order chi connectivity index (χ0) is 19.3. The summed E-state index contributed by atoms with van der Waals surface area (Å²) in [5.41, 5.74) is 0.831. The van der Waals surface area contributed by atoms with Crippen molar-refractivity contribution < 1.29 is 32.2 Å². The van der Waals surface area contributed by atoms with E-state index < -0.39 is 17.7 Å². The Bertz CT molecular complexity index is 826. The molecular weight excluding hydrogens is 349 g/mol. The molecule has 0 amide bonds. The first kappa shape index (κ1) is 19.4. The van der Waals surface area contributed by atoms with Crippen molar-refractivity contribution in [1.29, 1.82) is 0 Å². The van der Waals surface area contributed by atoms with E-state index in [1.54, 1.807) is 31.2 Å². The number of benzene rings is 2. The topological polar surface area (TPSA) is 44.8 Å². The molecule has 0 bridgehead atoms. The van der Waals surface area contributed by atoms with Gasteiger partial charge in [-0.15, -0.1) is 0 Å². The number of ether oxygens (including phenoxy) is 3. The van der Waals surface area contributed by atoms with Gasteiger partial charge in [-0.1, -0.05) is 24.3 Å². The average molecular weight is 366 g/mol. The van der Waals surface area contributed by atoms with Crippen LogP contribution in [-0.4, -0.2) is 20.2 Å². The number of hydrogen-bond donors (Lipinski definition) is 0. The predicted molar refractivity (Wildman–Crippen MR) is 89.4 cm³/mol. The number of esters is 1. The number of rotatable bonds is 5. The molecule has 0 atom stereocenters. The van der Waals surface area contributed by atoms with Gasteiger partial charge in [0.25, 0.3) is 0 Å². The first-order valence-corrected chi connectivity index (χ1v) is 7.53. The van der Waals surface area contributed by atoms with Crippen LogP contribution in [0.4, 0.5) is 13.2 Å². The molecule has 26 heavy (non-hydrogen) atoms. The van der Waals surface area contributed by atoms with E-state index in [1.165, 1.54) is 20.3 Å². The van der Waals surface area contributed by atoms with Crippen LogP contribution in [-0.2, 0) is 20.4 Å². The number of aryl methyl sites for hydroxylation is 1. The third-order valence-electron chi connectivity index (χ3n) is 3.54. The van der Waals surface area contributed by atoms with Crippen LogP contribution in [0.15, 0.2) is 54.5 Å². The lowest BCUT2D eigenvalue weighted by Gasteiger charge is -2.13. The summed E-state index contributed by atoms with van der Waals surface area (Å²) in [5.74, 6) is -0.622. The zero-order valence-electron chi connectivity index (χ0n) is 14.4. The molecule has 0 unspecified atom stereocenters. The third kappa shape index (κ3) is 4.56. The predicted octanol–water partition coefficient (Wildman–Crippen LogP) is 4.72. The van der Waals surface area contributed by atoms with Crippen molar-refractivity contribution >= 4 is 5.97 Å². The molecule has 4 nitrogen and oxygen atoms in total. The van der Waals surface area contributed by atoms with Crippen molar-refractivity contribution in [1.82, 2.24) is 0 Å². The highest BCUT2D eigenvalue weighted by atomic mass is 19.4. The molecule has 0 saturated heterocycles. The second kappa shape index (κ2) is 7.95. The van der Waals surface area contributed by atoms with Crippen molar-refractivity contribution in [2.45, 2.75) is 13.1 Å². The molecule has 2 rings (SSSR count). The summed E-state index contributed by atoms with van der Waals surface area (Å²) in [6.45, 7) is 1.74. The van der Waals surface area contributed by atoms with Gasteiger partial charge in [0.1, 0.15) is 12.0 Å². The van der Waals surface area contributed by atoms with Crippen LogP contribution in [0.5, 0.6) is 5.75 Å². The summed E-state index contributed by atoms with van der Waals surface area (Å²) in [7, 11) is 2.54. The number of halogens is 3. The molecule has 0 N–H and O–H groups in total. The van der Waals surface area contributed by atoms with Gasteiger partial charge in [-0.05, 0) is 41.8 Å². The Morgan fingerprint density at radius 2 is 1.73 bits per heavy atom. The Labute approximate surface area is 148 Å². The molecule has 0 radical (unpaired) electrons. The lowest BCUT2D eigenvalue weighted by atomic mass is 10.0. The average Bonchev–Trinajstić information content (AvgIpc) is 2.61. The second-order valence-corrected chi connectivity index (χ2v) is 5.37. The maximum absolute atomic E-state index is 12.9. The Balaban J connectivity index is 2.41. The number of carbonyl (C=O) groups is 1. The maximum atomic E-state index is 12.9.